The predicted molar refractivity (Wildman–Crippen MR) is 120 cm³/mol. The number of fused-ring (bicyclic) bond motifs is 1. The molecule has 7 nitrogen and oxygen atoms in total. The van der Waals surface area contributed by atoms with Crippen LogP contribution >= 0.6 is 0 Å². The van der Waals surface area contributed by atoms with Crippen LogP contribution in [0.3, 0.4) is 0 Å². The van der Waals surface area contributed by atoms with Crippen LogP contribution in [0, 0.1) is 17.8 Å². The molecule has 0 aliphatic rings. The van der Waals surface area contributed by atoms with Gasteiger partial charge >= 0.3 is 0 Å². The van der Waals surface area contributed by atoms with Gasteiger partial charge in [0.2, 0.25) is 0 Å². The number of carbonyl (C=O) groups excluding carboxylic acids is 1. The third-order valence-corrected chi connectivity index (χ3v) is 4.56. The molecular formula is C24H25N3O4. The number of carbonyl (C=O) groups is 1. The monoisotopic (exact) mass is 419 g/mol. The Bertz CT molecular complexity index is 1130. The van der Waals surface area contributed by atoms with E-state index in [4.69, 9.17) is 15.9 Å². The van der Waals surface area contributed by atoms with Crippen molar-refractivity contribution >= 4 is 28.2 Å². The lowest BCUT2D eigenvalue weighted by Gasteiger charge is -2.16. The van der Waals surface area contributed by atoms with Gasteiger partial charge in [0.15, 0.2) is 17.3 Å². The van der Waals surface area contributed by atoms with Crippen LogP contribution in [0.1, 0.15) is 26.3 Å². The van der Waals surface area contributed by atoms with E-state index in [2.05, 4.69) is 21.2 Å². The van der Waals surface area contributed by atoms with Crippen LogP contribution in [-0.4, -0.2) is 40.7 Å². The van der Waals surface area contributed by atoms with Crippen molar-refractivity contribution in [2.75, 3.05) is 25.1 Å². The van der Waals surface area contributed by atoms with Crippen LogP contribution in [0.15, 0.2) is 42.7 Å². The standard InChI is InChI=1S/C24H25N3O4/c1-5-16-7-6-8-17(11-16)27-23-18-12-20(28)21(13-19(18)25-15-26-23)31-10-9-30-14-22(29)24(2,3)4/h1,6-8,11-13,15,28H,9-10,14H2,2-4H3,(H,25,26,27). The van der Waals surface area contributed by atoms with Gasteiger partial charge in [-0.2, -0.15) is 0 Å². The van der Waals surface area contributed by atoms with Crippen LogP contribution in [0.5, 0.6) is 11.5 Å². The number of rotatable bonds is 8. The van der Waals surface area contributed by atoms with E-state index in [0.717, 1.165) is 11.3 Å². The molecule has 0 aliphatic heterocycles. The summed E-state index contributed by atoms with van der Waals surface area (Å²) in [6.07, 6.45) is 6.88. The van der Waals surface area contributed by atoms with E-state index in [9.17, 15) is 9.90 Å². The summed E-state index contributed by atoms with van der Waals surface area (Å²) in [5.41, 5.74) is 1.68. The molecule has 3 aromatic rings. The lowest BCUT2D eigenvalue weighted by Crippen LogP contribution is -2.25. The highest BCUT2D eigenvalue weighted by Crippen LogP contribution is 2.34. The number of aromatic nitrogens is 2. The van der Waals surface area contributed by atoms with Gasteiger partial charge < -0.3 is 19.9 Å². The SMILES string of the molecule is C#Cc1cccc(Nc2ncnc3cc(OCCOCC(=O)C(C)(C)C)c(O)cc23)c1. The number of terminal acetylenes is 1. The summed E-state index contributed by atoms with van der Waals surface area (Å²) in [7, 11) is 0. The molecule has 0 radical (unpaired) electrons. The van der Waals surface area contributed by atoms with E-state index in [-0.39, 0.29) is 37.1 Å². The topological polar surface area (TPSA) is 93.6 Å². The van der Waals surface area contributed by atoms with Gasteiger partial charge in [-0.3, -0.25) is 4.79 Å². The molecule has 1 aromatic heterocycles. The number of anilines is 2. The first-order chi connectivity index (χ1) is 14.8. The normalized spacial score (nSPS) is 11.2. The molecule has 160 valence electrons. The van der Waals surface area contributed by atoms with Crippen LogP contribution in [0.4, 0.5) is 11.5 Å². The van der Waals surface area contributed by atoms with Gasteiger partial charge in [0.25, 0.3) is 0 Å². The molecule has 2 aromatic carbocycles. The van der Waals surface area contributed by atoms with Gasteiger partial charge in [-0.1, -0.05) is 32.8 Å². The van der Waals surface area contributed by atoms with E-state index in [1.807, 2.05) is 45.0 Å². The Morgan fingerprint density at radius 1 is 1.19 bits per heavy atom. The number of phenols is 1. The molecular weight excluding hydrogens is 394 g/mol. The average Bonchev–Trinajstić information content (AvgIpc) is 2.73. The first kappa shape index (κ1) is 22.1. The highest BCUT2D eigenvalue weighted by molar-refractivity contribution is 5.93. The van der Waals surface area contributed by atoms with Crippen molar-refractivity contribution in [3.63, 3.8) is 0 Å². The van der Waals surface area contributed by atoms with Crippen LogP contribution in [0.25, 0.3) is 10.9 Å². The van der Waals surface area contributed by atoms with E-state index in [1.54, 1.807) is 12.1 Å². The minimum absolute atomic E-state index is 0.0190. The molecule has 0 fully saturated rings. The molecule has 0 unspecified atom stereocenters. The summed E-state index contributed by atoms with van der Waals surface area (Å²) in [4.78, 5) is 20.4. The fourth-order valence-corrected chi connectivity index (χ4v) is 2.70. The molecule has 0 saturated carbocycles. The Labute approximate surface area is 181 Å². The third kappa shape index (κ3) is 5.71. The van der Waals surface area contributed by atoms with Crippen molar-refractivity contribution in [3.05, 3.63) is 48.3 Å². The summed E-state index contributed by atoms with van der Waals surface area (Å²) in [6.45, 7) is 5.98. The summed E-state index contributed by atoms with van der Waals surface area (Å²) < 4.78 is 11.0. The Morgan fingerprint density at radius 3 is 2.74 bits per heavy atom. The van der Waals surface area contributed by atoms with Crippen LogP contribution < -0.4 is 10.1 Å². The first-order valence-corrected chi connectivity index (χ1v) is 9.83. The molecule has 2 N–H and O–H groups in total. The van der Waals surface area contributed by atoms with Gasteiger partial charge in [0.05, 0.1) is 12.1 Å². The second-order valence-electron chi connectivity index (χ2n) is 7.98. The molecule has 7 heteroatoms. The Kier molecular flexibility index (Phi) is 6.73. The second-order valence-corrected chi connectivity index (χ2v) is 7.98. The lowest BCUT2D eigenvalue weighted by atomic mass is 9.91. The quantitative estimate of drug-likeness (QED) is 0.420. The molecule has 0 amide bonds. The van der Waals surface area contributed by atoms with Gasteiger partial charge in [0, 0.05) is 28.1 Å². The van der Waals surface area contributed by atoms with Crippen molar-refractivity contribution in [1.82, 2.24) is 9.97 Å². The second kappa shape index (κ2) is 9.45. The minimum Gasteiger partial charge on any atom is -0.504 e. The number of benzene rings is 2. The highest BCUT2D eigenvalue weighted by Gasteiger charge is 2.20. The Morgan fingerprint density at radius 2 is 2.00 bits per heavy atom. The smallest absolute Gasteiger partial charge is 0.163 e. The fraction of sp³-hybridized carbons (Fsp3) is 0.292. The zero-order valence-corrected chi connectivity index (χ0v) is 17.8. The number of ether oxygens (including phenoxy) is 2. The molecule has 31 heavy (non-hydrogen) atoms. The average molecular weight is 419 g/mol. The van der Waals surface area contributed by atoms with Crippen molar-refractivity contribution in [2.24, 2.45) is 5.41 Å². The van der Waals surface area contributed by atoms with Gasteiger partial charge in [-0.05, 0) is 24.3 Å². The van der Waals surface area contributed by atoms with Crippen molar-refractivity contribution in [3.8, 4) is 23.8 Å². The molecule has 0 bridgehead atoms. The zero-order chi connectivity index (χ0) is 22.4. The Balaban J connectivity index is 1.68. The summed E-state index contributed by atoms with van der Waals surface area (Å²) in [5, 5.41) is 14.2. The van der Waals surface area contributed by atoms with E-state index >= 15 is 0 Å². The van der Waals surface area contributed by atoms with Gasteiger partial charge in [-0.15, -0.1) is 6.42 Å². The van der Waals surface area contributed by atoms with Crippen LogP contribution in [-0.2, 0) is 9.53 Å². The van der Waals surface area contributed by atoms with Crippen molar-refractivity contribution in [1.29, 1.82) is 0 Å². The van der Waals surface area contributed by atoms with E-state index in [0.29, 0.717) is 16.7 Å². The number of aromatic hydroxyl groups is 1. The first-order valence-electron chi connectivity index (χ1n) is 9.83. The number of phenolic OH excluding ortho intramolecular Hbond substituents is 1. The molecule has 0 saturated heterocycles. The maximum Gasteiger partial charge on any atom is 0.163 e. The fourth-order valence-electron chi connectivity index (χ4n) is 2.70. The van der Waals surface area contributed by atoms with Crippen molar-refractivity contribution in [2.45, 2.75) is 20.8 Å². The van der Waals surface area contributed by atoms with E-state index in [1.165, 1.54) is 6.33 Å². The molecule has 0 spiro atoms. The van der Waals surface area contributed by atoms with Crippen molar-refractivity contribution < 1.29 is 19.4 Å². The number of hydrogen-bond acceptors (Lipinski definition) is 7. The van der Waals surface area contributed by atoms with E-state index < -0.39 is 5.41 Å². The number of nitrogens with zero attached hydrogens (tertiary/aromatic N) is 2. The number of ketones is 1. The van der Waals surface area contributed by atoms with Gasteiger partial charge in [0.1, 0.15) is 25.4 Å². The van der Waals surface area contributed by atoms with Gasteiger partial charge in [-0.25, -0.2) is 9.97 Å². The molecule has 1 heterocycles. The maximum absolute atomic E-state index is 11.9. The molecule has 3 rings (SSSR count). The Hall–Kier alpha value is -3.63. The largest absolute Gasteiger partial charge is 0.504 e. The third-order valence-electron chi connectivity index (χ3n) is 4.56. The summed E-state index contributed by atoms with van der Waals surface area (Å²) in [5.74, 6) is 3.37. The van der Waals surface area contributed by atoms with Crippen LogP contribution in [0.2, 0.25) is 0 Å². The highest BCUT2D eigenvalue weighted by atomic mass is 16.5. The lowest BCUT2D eigenvalue weighted by molar-refractivity contribution is -0.131. The number of hydrogen-bond donors (Lipinski definition) is 2. The zero-order valence-electron chi connectivity index (χ0n) is 17.8. The predicted octanol–water partition coefficient (Wildman–Crippen LogP) is 4.07. The number of nitrogens with one attached hydrogen (secondary N) is 1. The molecule has 0 atom stereocenters. The maximum atomic E-state index is 11.9. The summed E-state index contributed by atoms with van der Waals surface area (Å²) >= 11 is 0. The minimum atomic E-state index is -0.439. The summed E-state index contributed by atoms with van der Waals surface area (Å²) in [6, 6.07) is 10.6. The molecule has 0 aliphatic carbocycles. The number of Topliss-reactive ketones (excluding diaryl/α,β-unsaturated/α-hetero) is 1.